The van der Waals surface area contributed by atoms with Crippen molar-refractivity contribution in [1.82, 2.24) is 0 Å². The van der Waals surface area contributed by atoms with Crippen LogP contribution in [0.2, 0.25) is 0 Å². The lowest BCUT2D eigenvalue weighted by molar-refractivity contribution is -0.121. The molecule has 0 atom stereocenters. The second kappa shape index (κ2) is 7.18. The van der Waals surface area contributed by atoms with E-state index in [1.165, 1.54) is 0 Å². The third-order valence-corrected chi connectivity index (χ3v) is 4.71. The molecule has 2 amide bonds. The van der Waals surface area contributed by atoms with E-state index in [0.29, 0.717) is 12.8 Å². The number of fused-ring (bicyclic) bond motifs is 1. The monoisotopic (exact) mass is 386 g/mol. The molecule has 0 saturated heterocycles. The lowest BCUT2D eigenvalue weighted by Gasteiger charge is -2.29. The maximum atomic E-state index is 12.5. The molecule has 0 saturated carbocycles. The first-order valence-corrected chi connectivity index (χ1v) is 8.84. The number of amides is 2. The number of anilines is 2. The van der Waals surface area contributed by atoms with Crippen LogP contribution in [0.3, 0.4) is 0 Å². The number of nitrogens with one attached hydrogen (secondary N) is 1. The number of benzene rings is 2. The number of hydrogen-bond donors (Lipinski definition) is 1. The van der Waals surface area contributed by atoms with Gasteiger partial charge >= 0.3 is 0 Å². The van der Waals surface area contributed by atoms with E-state index < -0.39 is 0 Å². The summed E-state index contributed by atoms with van der Waals surface area (Å²) in [6, 6.07) is 13.5. The van der Waals surface area contributed by atoms with Gasteiger partial charge in [-0.3, -0.25) is 9.59 Å². The van der Waals surface area contributed by atoms with Crippen LogP contribution in [0.15, 0.2) is 46.9 Å². The minimum Gasteiger partial charge on any atom is -0.324 e. The van der Waals surface area contributed by atoms with Gasteiger partial charge in [0.1, 0.15) is 6.54 Å². The van der Waals surface area contributed by atoms with Crippen molar-refractivity contribution in [2.75, 3.05) is 16.8 Å². The van der Waals surface area contributed by atoms with Gasteiger partial charge in [0.05, 0.1) is 0 Å². The number of para-hydroxylation sites is 1. The number of rotatable bonds is 4. The van der Waals surface area contributed by atoms with E-state index in [1.807, 2.05) is 49.4 Å². The van der Waals surface area contributed by atoms with Gasteiger partial charge in [-0.1, -0.05) is 41.1 Å². The molecular formula is C19H19BrN2O2. The van der Waals surface area contributed by atoms with Gasteiger partial charge in [-0.05, 0) is 48.2 Å². The standard InChI is InChI=1S/C19H19BrN2O2/c1-2-13-5-3-4-6-16(13)21-18(23)12-22-17-9-8-15(20)11-14(17)7-10-19(22)24/h3-6,8-9,11H,2,7,10,12H2,1H3,(H,21,23). The molecule has 24 heavy (non-hydrogen) atoms. The highest BCUT2D eigenvalue weighted by atomic mass is 79.9. The summed E-state index contributed by atoms with van der Waals surface area (Å²) in [5.74, 6) is -0.191. The Morgan fingerprint density at radius 2 is 2.00 bits per heavy atom. The summed E-state index contributed by atoms with van der Waals surface area (Å²) in [6.45, 7) is 2.08. The van der Waals surface area contributed by atoms with Crippen molar-refractivity contribution < 1.29 is 9.59 Å². The topological polar surface area (TPSA) is 49.4 Å². The quantitative estimate of drug-likeness (QED) is 0.864. The largest absolute Gasteiger partial charge is 0.324 e. The van der Waals surface area contributed by atoms with Crippen molar-refractivity contribution in [3.63, 3.8) is 0 Å². The first kappa shape index (κ1) is 16.7. The van der Waals surface area contributed by atoms with Crippen molar-refractivity contribution in [3.05, 3.63) is 58.1 Å². The number of hydrogen-bond acceptors (Lipinski definition) is 2. The van der Waals surface area contributed by atoms with Crippen LogP contribution in [0.1, 0.15) is 24.5 Å². The Hall–Kier alpha value is -2.14. The molecule has 0 aromatic heterocycles. The summed E-state index contributed by atoms with van der Waals surface area (Å²) >= 11 is 3.45. The highest BCUT2D eigenvalue weighted by Gasteiger charge is 2.26. The zero-order valence-corrected chi connectivity index (χ0v) is 15.1. The van der Waals surface area contributed by atoms with Gasteiger partial charge in [0, 0.05) is 22.3 Å². The van der Waals surface area contributed by atoms with E-state index in [0.717, 1.165) is 33.4 Å². The summed E-state index contributed by atoms with van der Waals surface area (Å²) in [6.07, 6.45) is 1.99. The number of aryl methyl sites for hydroxylation is 2. The van der Waals surface area contributed by atoms with Gasteiger partial charge in [-0.15, -0.1) is 0 Å². The fraction of sp³-hybridized carbons (Fsp3) is 0.263. The second-order valence-corrected chi connectivity index (χ2v) is 6.73. The maximum Gasteiger partial charge on any atom is 0.244 e. The average Bonchev–Trinajstić information content (AvgIpc) is 2.58. The highest BCUT2D eigenvalue weighted by molar-refractivity contribution is 9.10. The van der Waals surface area contributed by atoms with Crippen LogP contribution in [0.4, 0.5) is 11.4 Å². The number of carbonyl (C=O) groups is 2. The molecule has 1 aliphatic heterocycles. The van der Waals surface area contributed by atoms with Gasteiger partial charge in [0.15, 0.2) is 0 Å². The summed E-state index contributed by atoms with van der Waals surface area (Å²) in [5.41, 5.74) is 3.81. The average molecular weight is 387 g/mol. The van der Waals surface area contributed by atoms with E-state index in [4.69, 9.17) is 0 Å². The molecule has 0 bridgehead atoms. The molecule has 5 heteroatoms. The molecule has 4 nitrogen and oxygen atoms in total. The van der Waals surface area contributed by atoms with Crippen LogP contribution in [0.25, 0.3) is 0 Å². The molecule has 0 spiro atoms. The van der Waals surface area contributed by atoms with E-state index in [9.17, 15) is 9.59 Å². The van der Waals surface area contributed by atoms with E-state index in [2.05, 4.69) is 21.2 Å². The van der Waals surface area contributed by atoms with Gasteiger partial charge in [0.25, 0.3) is 0 Å². The smallest absolute Gasteiger partial charge is 0.244 e. The Morgan fingerprint density at radius 3 is 2.79 bits per heavy atom. The van der Waals surface area contributed by atoms with Crippen molar-refractivity contribution in [3.8, 4) is 0 Å². The number of nitrogens with zero attached hydrogens (tertiary/aromatic N) is 1. The molecule has 0 aliphatic carbocycles. The van der Waals surface area contributed by atoms with Crippen molar-refractivity contribution >= 4 is 39.1 Å². The number of carbonyl (C=O) groups excluding carboxylic acids is 2. The number of halogens is 1. The minimum absolute atomic E-state index is 0.0104. The van der Waals surface area contributed by atoms with Crippen molar-refractivity contribution in [1.29, 1.82) is 0 Å². The lowest BCUT2D eigenvalue weighted by Crippen LogP contribution is -2.41. The van der Waals surface area contributed by atoms with Gasteiger partial charge in [-0.25, -0.2) is 0 Å². The molecule has 1 aliphatic rings. The van der Waals surface area contributed by atoms with Crippen LogP contribution in [0, 0.1) is 0 Å². The normalized spacial score (nSPS) is 13.6. The van der Waals surface area contributed by atoms with Crippen molar-refractivity contribution in [2.24, 2.45) is 0 Å². The zero-order valence-electron chi connectivity index (χ0n) is 13.5. The molecule has 2 aromatic carbocycles. The Morgan fingerprint density at radius 1 is 1.21 bits per heavy atom. The molecule has 1 heterocycles. The SMILES string of the molecule is CCc1ccccc1NC(=O)CN1C(=O)CCc2cc(Br)ccc21. The van der Waals surface area contributed by atoms with Gasteiger partial charge in [0.2, 0.25) is 11.8 Å². The zero-order chi connectivity index (χ0) is 17.1. The molecule has 0 unspecified atom stereocenters. The molecule has 0 radical (unpaired) electrons. The molecule has 1 N–H and O–H groups in total. The maximum absolute atomic E-state index is 12.5. The van der Waals surface area contributed by atoms with E-state index >= 15 is 0 Å². The minimum atomic E-state index is -0.181. The summed E-state index contributed by atoms with van der Waals surface area (Å²) in [4.78, 5) is 26.3. The van der Waals surface area contributed by atoms with Crippen LogP contribution < -0.4 is 10.2 Å². The lowest BCUT2D eigenvalue weighted by atomic mass is 10.0. The first-order valence-electron chi connectivity index (χ1n) is 8.05. The Labute approximate surface area is 150 Å². The summed E-state index contributed by atoms with van der Waals surface area (Å²) in [7, 11) is 0. The Kier molecular flexibility index (Phi) is 5.00. The predicted octanol–water partition coefficient (Wildman–Crippen LogP) is 3.93. The predicted molar refractivity (Wildman–Crippen MR) is 99.3 cm³/mol. The Bertz CT molecular complexity index is 789. The van der Waals surface area contributed by atoms with Crippen LogP contribution >= 0.6 is 15.9 Å². The van der Waals surface area contributed by atoms with Gasteiger partial charge in [-0.2, -0.15) is 0 Å². The first-order chi connectivity index (χ1) is 11.6. The third kappa shape index (κ3) is 3.51. The summed E-state index contributed by atoms with van der Waals surface area (Å²) in [5, 5.41) is 2.93. The Balaban J connectivity index is 1.78. The molecule has 0 fully saturated rings. The van der Waals surface area contributed by atoms with Gasteiger partial charge < -0.3 is 10.2 Å². The van der Waals surface area contributed by atoms with E-state index in [-0.39, 0.29) is 18.4 Å². The van der Waals surface area contributed by atoms with Crippen LogP contribution in [0.5, 0.6) is 0 Å². The molecular weight excluding hydrogens is 368 g/mol. The molecule has 2 aromatic rings. The fourth-order valence-electron chi connectivity index (χ4n) is 2.99. The summed E-state index contributed by atoms with van der Waals surface area (Å²) < 4.78 is 0.983. The third-order valence-electron chi connectivity index (χ3n) is 4.22. The van der Waals surface area contributed by atoms with Crippen molar-refractivity contribution in [2.45, 2.75) is 26.2 Å². The highest BCUT2D eigenvalue weighted by Crippen LogP contribution is 2.30. The second-order valence-electron chi connectivity index (χ2n) is 5.81. The fourth-order valence-corrected chi connectivity index (χ4v) is 3.39. The molecule has 124 valence electrons. The van der Waals surface area contributed by atoms with E-state index in [1.54, 1.807) is 4.90 Å². The van der Waals surface area contributed by atoms with Crippen LogP contribution in [-0.4, -0.2) is 18.4 Å². The molecule has 3 rings (SSSR count). The van der Waals surface area contributed by atoms with Crippen LogP contribution in [-0.2, 0) is 22.4 Å².